The van der Waals surface area contributed by atoms with Gasteiger partial charge in [0.15, 0.2) is 0 Å². The summed E-state index contributed by atoms with van der Waals surface area (Å²) in [6.07, 6.45) is 5.87. The number of esters is 1. The molecule has 0 saturated heterocycles. The minimum Gasteiger partial charge on any atom is -0.465 e. The van der Waals surface area contributed by atoms with Crippen LogP contribution in [-0.2, 0) is 4.74 Å². The first-order valence-electron chi connectivity index (χ1n) is 5.59. The van der Waals surface area contributed by atoms with Gasteiger partial charge in [0.25, 0.3) is 0 Å². The number of H-pyrrole nitrogens is 1. The molecule has 5 nitrogen and oxygen atoms in total. The minimum atomic E-state index is -0.390. The van der Waals surface area contributed by atoms with E-state index in [1.807, 2.05) is 18.2 Å². The van der Waals surface area contributed by atoms with Gasteiger partial charge in [-0.15, -0.1) is 0 Å². The van der Waals surface area contributed by atoms with Crippen LogP contribution in [0.25, 0.3) is 17.0 Å². The van der Waals surface area contributed by atoms with Crippen molar-refractivity contribution in [1.82, 2.24) is 10.2 Å². The number of ether oxygens (including phenoxy) is 1. The third-order valence-electron chi connectivity index (χ3n) is 2.59. The maximum atomic E-state index is 11.7. The number of nitrogens with one attached hydrogen (secondary N) is 1. The standard InChI is InChI=1S/C13H14N2O3/c1-18-13(17)10-6-9(4-2-3-5-16)7-12-11(10)8-14-15-12/h2,4,6-8,16H,3,5H2,1H3,(H,14,15). The lowest BCUT2D eigenvalue weighted by molar-refractivity contribution is 0.0603. The molecule has 2 aromatic rings. The summed E-state index contributed by atoms with van der Waals surface area (Å²) in [6.45, 7) is 0.104. The SMILES string of the molecule is COC(=O)c1cc(C=CCCO)cc2[nH]ncc12. The van der Waals surface area contributed by atoms with Gasteiger partial charge in [0, 0.05) is 12.0 Å². The highest BCUT2D eigenvalue weighted by molar-refractivity contribution is 6.04. The molecule has 0 radical (unpaired) electrons. The van der Waals surface area contributed by atoms with E-state index in [0.717, 1.165) is 16.5 Å². The molecule has 0 saturated carbocycles. The van der Waals surface area contributed by atoms with Crippen LogP contribution in [0.5, 0.6) is 0 Å². The molecule has 94 valence electrons. The van der Waals surface area contributed by atoms with Crippen LogP contribution < -0.4 is 0 Å². The van der Waals surface area contributed by atoms with E-state index in [1.165, 1.54) is 7.11 Å². The monoisotopic (exact) mass is 246 g/mol. The number of carbonyl (C=O) groups is 1. The molecule has 0 fully saturated rings. The predicted octanol–water partition coefficient (Wildman–Crippen LogP) is 1.75. The number of fused-ring (bicyclic) bond motifs is 1. The van der Waals surface area contributed by atoms with Crippen LogP contribution >= 0.6 is 0 Å². The Labute approximate surface area is 104 Å². The average Bonchev–Trinajstić information content (AvgIpc) is 2.85. The summed E-state index contributed by atoms with van der Waals surface area (Å²) in [5.41, 5.74) is 2.12. The molecule has 0 amide bonds. The third kappa shape index (κ3) is 2.41. The first-order valence-corrected chi connectivity index (χ1v) is 5.59. The number of aromatic nitrogens is 2. The van der Waals surface area contributed by atoms with Crippen molar-refractivity contribution in [1.29, 1.82) is 0 Å². The predicted molar refractivity (Wildman–Crippen MR) is 68.2 cm³/mol. The topological polar surface area (TPSA) is 75.2 Å². The van der Waals surface area contributed by atoms with E-state index in [1.54, 1.807) is 12.3 Å². The zero-order valence-electron chi connectivity index (χ0n) is 10.0. The molecule has 5 heteroatoms. The Kier molecular flexibility index (Phi) is 3.74. The summed E-state index contributed by atoms with van der Waals surface area (Å²) in [5.74, 6) is -0.390. The number of aliphatic hydroxyl groups excluding tert-OH is 1. The van der Waals surface area contributed by atoms with E-state index in [4.69, 9.17) is 9.84 Å². The van der Waals surface area contributed by atoms with Crippen molar-refractivity contribution >= 4 is 22.9 Å². The van der Waals surface area contributed by atoms with Crippen molar-refractivity contribution < 1.29 is 14.6 Å². The van der Waals surface area contributed by atoms with Crippen LogP contribution in [0.4, 0.5) is 0 Å². The summed E-state index contributed by atoms with van der Waals surface area (Å²) >= 11 is 0. The molecule has 18 heavy (non-hydrogen) atoms. The Morgan fingerprint density at radius 2 is 2.39 bits per heavy atom. The molecule has 1 heterocycles. The second kappa shape index (κ2) is 5.46. The van der Waals surface area contributed by atoms with E-state index in [-0.39, 0.29) is 12.6 Å². The van der Waals surface area contributed by atoms with Gasteiger partial charge in [0.1, 0.15) is 0 Å². The number of hydrogen-bond donors (Lipinski definition) is 2. The Morgan fingerprint density at radius 1 is 1.56 bits per heavy atom. The van der Waals surface area contributed by atoms with E-state index < -0.39 is 0 Å². The number of benzene rings is 1. The summed E-state index contributed by atoms with van der Waals surface area (Å²) in [4.78, 5) is 11.7. The molecule has 0 atom stereocenters. The van der Waals surface area contributed by atoms with Gasteiger partial charge in [-0.05, 0) is 24.1 Å². The second-order valence-corrected chi connectivity index (χ2v) is 3.81. The van der Waals surface area contributed by atoms with Gasteiger partial charge in [0.05, 0.1) is 24.4 Å². The van der Waals surface area contributed by atoms with Gasteiger partial charge in [-0.2, -0.15) is 5.10 Å². The lowest BCUT2D eigenvalue weighted by Gasteiger charge is -2.03. The Balaban J connectivity index is 2.47. The van der Waals surface area contributed by atoms with Crippen molar-refractivity contribution in [2.75, 3.05) is 13.7 Å². The van der Waals surface area contributed by atoms with Gasteiger partial charge in [-0.25, -0.2) is 4.79 Å². The maximum Gasteiger partial charge on any atom is 0.338 e. The molecule has 0 aliphatic carbocycles. The zero-order chi connectivity index (χ0) is 13.0. The van der Waals surface area contributed by atoms with Gasteiger partial charge in [-0.3, -0.25) is 5.10 Å². The summed E-state index contributed by atoms with van der Waals surface area (Å²) in [5, 5.41) is 16.2. The third-order valence-corrected chi connectivity index (χ3v) is 2.59. The fourth-order valence-corrected chi connectivity index (χ4v) is 1.74. The smallest absolute Gasteiger partial charge is 0.338 e. The van der Waals surface area contributed by atoms with Crippen molar-refractivity contribution in [2.24, 2.45) is 0 Å². The zero-order valence-corrected chi connectivity index (χ0v) is 10.0. The van der Waals surface area contributed by atoms with Crippen molar-refractivity contribution in [3.8, 4) is 0 Å². The minimum absolute atomic E-state index is 0.104. The van der Waals surface area contributed by atoms with Crippen LogP contribution in [0.3, 0.4) is 0 Å². The van der Waals surface area contributed by atoms with Crippen molar-refractivity contribution in [3.05, 3.63) is 35.5 Å². The van der Waals surface area contributed by atoms with Gasteiger partial charge >= 0.3 is 5.97 Å². The summed E-state index contributed by atoms with van der Waals surface area (Å²) in [7, 11) is 1.35. The van der Waals surface area contributed by atoms with Crippen LogP contribution in [0.15, 0.2) is 24.4 Å². The number of hydrogen-bond acceptors (Lipinski definition) is 4. The van der Waals surface area contributed by atoms with Crippen LogP contribution in [0, 0.1) is 0 Å². The van der Waals surface area contributed by atoms with E-state index in [2.05, 4.69) is 10.2 Å². The molecular formula is C13H14N2O3. The van der Waals surface area contributed by atoms with E-state index in [9.17, 15) is 4.79 Å². The Hall–Kier alpha value is -2.14. The summed E-state index contributed by atoms with van der Waals surface area (Å²) < 4.78 is 4.75. The number of carbonyl (C=O) groups excluding carboxylic acids is 1. The Bertz CT molecular complexity index is 587. The molecule has 2 rings (SSSR count). The van der Waals surface area contributed by atoms with Gasteiger partial charge < -0.3 is 9.84 Å². The lowest BCUT2D eigenvalue weighted by Crippen LogP contribution is -2.02. The number of nitrogens with zero attached hydrogens (tertiary/aromatic N) is 1. The molecule has 1 aromatic carbocycles. The number of aromatic amines is 1. The summed E-state index contributed by atoms with van der Waals surface area (Å²) in [6, 6.07) is 3.64. The quantitative estimate of drug-likeness (QED) is 0.806. The number of rotatable bonds is 4. The number of methoxy groups -OCH3 is 1. The molecular weight excluding hydrogens is 232 g/mol. The van der Waals surface area contributed by atoms with Crippen LogP contribution in [0.1, 0.15) is 22.3 Å². The highest BCUT2D eigenvalue weighted by atomic mass is 16.5. The fraction of sp³-hybridized carbons (Fsp3) is 0.231. The second-order valence-electron chi connectivity index (χ2n) is 3.81. The van der Waals surface area contributed by atoms with Crippen molar-refractivity contribution in [3.63, 3.8) is 0 Å². The molecule has 0 aliphatic heterocycles. The maximum absolute atomic E-state index is 11.7. The lowest BCUT2D eigenvalue weighted by atomic mass is 10.1. The average molecular weight is 246 g/mol. The largest absolute Gasteiger partial charge is 0.465 e. The molecule has 0 bridgehead atoms. The first-order chi connectivity index (χ1) is 8.76. The fourth-order valence-electron chi connectivity index (χ4n) is 1.74. The molecule has 1 aromatic heterocycles. The molecule has 0 unspecified atom stereocenters. The van der Waals surface area contributed by atoms with Gasteiger partial charge in [-0.1, -0.05) is 12.2 Å². The number of aliphatic hydroxyl groups is 1. The highest BCUT2D eigenvalue weighted by Crippen LogP contribution is 2.21. The Morgan fingerprint density at radius 3 is 3.11 bits per heavy atom. The normalized spacial score (nSPS) is 11.2. The molecule has 2 N–H and O–H groups in total. The van der Waals surface area contributed by atoms with Gasteiger partial charge in [0.2, 0.25) is 0 Å². The van der Waals surface area contributed by atoms with Crippen LogP contribution in [-0.4, -0.2) is 35.0 Å². The molecule has 0 aliphatic rings. The van der Waals surface area contributed by atoms with E-state index >= 15 is 0 Å². The van der Waals surface area contributed by atoms with Crippen molar-refractivity contribution in [2.45, 2.75) is 6.42 Å². The van der Waals surface area contributed by atoms with Crippen LogP contribution in [0.2, 0.25) is 0 Å². The van der Waals surface area contributed by atoms with E-state index in [0.29, 0.717) is 12.0 Å². The first kappa shape index (κ1) is 12.3. The highest BCUT2D eigenvalue weighted by Gasteiger charge is 2.12. The molecule has 0 spiro atoms.